The van der Waals surface area contributed by atoms with Crippen LogP contribution in [0.2, 0.25) is 0 Å². The Labute approximate surface area is 90.3 Å². The minimum Gasteiger partial charge on any atom is -0.466 e. The summed E-state index contributed by atoms with van der Waals surface area (Å²) in [7, 11) is 3.21. The van der Waals surface area contributed by atoms with Crippen LogP contribution in [0.5, 0.6) is 0 Å². The van der Waals surface area contributed by atoms with Gasteiger partial charge in [0.25, 0.3) is 0 Å². The van der Waals surface area contributed by atoms with E-state index in [2.05, 4.69) is 0 Å². The molecule has 1 atom stereocenters. The molecule has 0 aromatic carbocycles. The summed E-state index contributed by atoms with van der Waals surface area (Å²) >= 11 is 0. The maximum atomic E-state index is 11.5. The summed E-state index contributed by atoms with van der Waals surface area (Å²) in [6.45, 7) is 3.88. The average molecular weight is 217 g/mol. The molecule has 0 heterocycles. The van der Waals surface area contributed by atoms with Crippen LogP contribution in [0.15, 0.2) is 0 Å². The molecule has 0 saturated heterocycles. The highest BCUT2D eigenvalue weighted by atomic mass is 16.7. The summed E-state index contributed by atoms with van der Waals surface area (Å²) in [5, 5.41) is 1.50. The van der Waals surface area contributed by atoms with Crippen LogP contribution in [0.4, 0.5) is 0 Å². The van der Waals surface area contributed by atoms with Crippen molar-refractivity contribution >= 4 is 11.8 Å². The number of Topliss-reactive ketones (excluding diaryl/α,β-unsaturated/α-hetero) is 1. The molecule has 0 spiro atoms. The van der Waals surface area contributed by atoms with E-state index in [0.717, 1.165) is 0 Å². The van der Waals surface area contributed by atoms with Gasteiger partial charge in [0.05, 0.1) is 19.6 Å². The highest BCUT2D eigenvalue weighted by molar-refractivity contribution is 5.82. The zero-order chi connectivity index (χ0) is 11.8. The summed E-state index contributed by atoms with van der Waals surface area (Å²) in [6.07, 6.45) is 0.187. The highest BCUT2D eigenvalue weighted by Gasteiger charge is 2.23. The molecule has 1 unspecified atom stereocenters. The van der Waals surface area contributed by atoms with Gasteiger partial charge < -0.3 is 14.4 Å². The first-order valence-electron chi connectivity index (χ1n) is 4.92. The molecule has 0 rings (SSSR count). The molecule has 0 amide bonds. The van der Waals surface area contributed by atoms with Gasteiger partial charge in [0.2, 0.25) is 0 Å². The highest BCUT2D eigenvalue weighted by Crippen LogP contribution is 2.08. The number of hydrogen-bond acceptors (Lipinski definition) is 5. The van der Waals surface area contributed by atoms with Gasteiger partial charge in [-0.15, -0.1) is 0 Å². The fourth-order valence-electron chi connectivity index (χ4n) is 1.21. The van der Waals surface area contributed by atoms with Gasteiger partial charge in [0, 0.05) is 20.0 Å². The van der Waals surface area contributed by atoms with Crippen molar-refractivity contribution in [2.45, 2.75) is 20.3 Å². The molecule has 0 fully saturated rings. The van der Waals surface area contributed by atoms with Crippen molar-refractivity contribution in [1.82, 2.24) is 5.06 Å². The van der Waals surface area contributed by atoms with E-state index >= 15 is 0 Å². The SMILES string of the molecule is CCOC(=O)C(CC(C)=O)CN(C)OC. The Balaban J connectivity index is 4.29. The van der Waals surface area contributed by atoms with Gasteiger partial charge in [-0.3, -0.25) is 4.79 Å². The van der Waals surface area contributed by atoms with E-state index in [1.807, 2.05) is 0 Å². The summed E-state index contributed by atoms with van der Waals surface area (Å²) in [6, 6.07) is 0. The van der Waals surface area contributed by atoms with Crippen molar-refractivity contribution < 1.29 is 19.2 Å². The average Bonchev–Trinajstić information content (AvgIpc) is 2.16. The molecule has 0 aromatic rings. The Bertz CT molecular complexity index is 217. The third-order valence-corrected chi connectivity index (χ3v) is 1.94. The van der Waals surface area contributed by atoms with Crippen molar-refractivity contribution in [3.05, 3.63) is 0 Å². The summed E-state index contributed by atoms with van der Waals surface area (Å²) in [5.74, 6) is -0.832. The molecule has 0 aliphatic rings. The van der Waals surface area contributed by atoms with Gasteiger partial charge in [-0.05, 0) is 13.8 Å². The minimum atomic E-state index is -0.451. The predicted octanol–water partition coefficient (Wildman–Crippen LogP) is 0.638. The predicted molar refractivity (Wildman–Crippen MR) is 55.1 cm³/mol. The second-order valence-corrected chi connectivity index (χ2v) is 3.35. The number of nitrogens with zero attached hydrogens (tertiary/aromatic N) is 1. The van der Waals surface area contributed by atoms with Crippen molar-refractivity contribution in [1.29, 1.82) is 0 Å². The van der Waals surface area contributed by atoms with Crippen LogP contribution in [0.25, 0.3) is 0 Å². The molecule has 0 saturated carbocycles. The maximum Gasteiger partial charge on any atom is 0.310 e. The molecule has 5 nitrogen and oxygen atoms in total. The van der Waals surface area contributed by atoms with Crippen molar-refractivity contribution in [2.24, 2.45) is 5.92 Å². The second kappa shape index (κ2) is 7.36. The number of carbonyl (C=O) groups excluding carboxylic acids is 2. The molecule has 5 heteroatoms. The van der Waals surface area contributed by atoms with Gasteiger partial charge in [-0.2, -0.15) is 5.06 Å². The third-order valence-electron chi connectivity index (χ3n) is 1.94. The lowest BCUT2D eigenvalue weighted by Crippen LogP contribution is -2.32. The van der Waals surface area contributed by atoms with Gasteiger partial charge in [0.15, 0.2) is 0 Å². The summed E-state index contributed by atoms with van der Waals surface area (Å²) in [4.78, 5) is 27.3. The zero-order valence-corrected chi connectivity index (χ0v) is 9.78. The third kappa shape index (κ3) is 6.19. The van der Waals surface area contributed by atoms with E-state index in [0.29, 0.717) is 13.2 Å². The van der Waals surface area contributed by atoms with Gasteiger partial charge in [-0.1, -0.05) is 0 Å². The molecule has 0 N–H and O–H groups in total. The van der Waals surface area contributed by atoms with Crippen molar-refractivity contribution in [3.63, 3.8) is 0 Å². The Morgan fingerprint density at radius 1 is 1.40 bits per heavy atom. The van der Waals surface area contributed by atoms with Gasteiger partial charge in [0.1, 0.15) is 5.78 Å². The molecule has 0 aliphatic heterocycles. The number of hydroxylamine groups is 2. The fourth-order valence-corrected chi connectivity index (χ4v) is 1.21. The van der Waals surface area contributed by atoms with Crippen LogP contribution in [-0.4, -0.2) is 44.1 Å². The van der Waals surface area contributed by atoms with E-state index in [9.17, 15) is 9.59 Å². The smallest absolute Gasteiger partial charge is 0.310 e. The lowest BCUT2D eigenvalue weighted by molar-refractivity contribution is -0.159. The van der Waals surface area contributed by atoms with E-state index in [-0.39, 0.29) is 18.2 Å². The van der Waals surface area contributed by atoms with E-state index in [1.54, 1.807) is 14.0 Å². The van der Waals surface area contributed by atoms with Gasteiger partial charge >= 0.3 is 5.97 Å². The van der Waals surface area contributed by atoms with Crippen LogP contribution >= 0.6 is 0 Å². The number of hydrogen-bond donors (Lipinski definition) is 0. The standard InChI is InChI=1S/C10H19NO4/c1-5-15-10(13)9(6-8(2)12)7-11(3)14-4/h9H,5-7H2,1-4H3. The van der Waals surface area contributed by atoms with Gasteiger partial charge in [-0.25, -0.2) is 0 Å². The molecular formula is C10H19NO4. The zero-order valence-electron chi connectivity index (χ0n) is 9.78. The first kappa shape index (κ1) is 14.1. The molecule has 0 bridgehead atoms. The number of rotatable bonds is 7. The van der Waals surface area contributed by atoms with Crippen LogP contribution in [0.3, 0.4) is 0 Å². The molecule has 15 heavy (non-hydrogen) atoms. The Morgan fingerprint density at radius 2 is 2.00 bits per heavy atom. The van der Waals surface area contributed by atoms with Crippen LogP contribution in [0.1, 0.15) is 20.3 Å². The molecule has 0 radical (unpaired) electrons. The molecule has 0 aromatic heterocycles. The Morgan fingerprint density at radius 3 is 2.40 bits per heavy atom. The minimum absolute atomic E-state index is 0.0300. The first-order valence-corrected chi connectivity index (χ1v) is 4.92. The quantitative estimate of drug-likeness (QED) is 0.462. The number of ether oxygens (including phenoxy) is 1. The number of ketones is 1. The van der Waals surface area contributed by atoms with E-state index in [4.69, 9.17) is 9.57 Å². The Kier molecular flexibility index (Phi) is 6.90. The summed E-state index contributed by atoms with van der Waals surface area (Å²) < 4.78 is 4.88. The van der Waals surface area contributed by atoms with Crippen molar-refractivity contribution in [3.8, 4) is 0 Å². The lowest BCUT2D eigenvalue weighted by Gasteiger charge is -2.19. The van der Waals surface area contributed by atoms with Crippen molar-refractivity contribution in [2.75, 3.05) is 27.3 Å². The first-order chi connectivity index (χ1) is 7.01. The largest absolute Gasteiger partial charge is 0.466 e. The fraction of sp³-hybridized carbons (Fsp3) is 0.800. The number of esters is 1. The monoisotopic (exact) mass is 217 g/mol. The van der Waals surface area contributed by atoms with E-state index < -0.39 is 5.92 Å². The summed E-state index contributed by atoms with van der Waals surface area (Å²) in [5.41, 5.74) is 0. The maximum absolute atomic E-state index is 11.5. The van der Waals surface area contributed by atoms with E-state index in [1.165, 1.54) is 19.1 Å². The molecular weight excluding hydrogens is 198 g/mol. The lowest BCUT2D eigenvalue weighted by atomic mass is 10.0. The Hall–Kier alpha value is -0.940. The van der Waals surface area contributed by atoms with Crippen LogP contribution < -0.4 is 0 Å². The number of carbonyl (C=O) groups is 2. The topological polar surface area (TPSA) is 55.8 Å². The molecule has 0 aliphatic carbocycles. The van der Waals surface area contributed by atoms with Crippen LogP contribution in [0, 0.1) is 5.92 Å². The normalized spacial score (nSPS) is 12.6. The van der Waals surface area contributed by atoms with Crippen LogP contribution in [-0.2, 0) is 19.2 Å². The molecule has 88 valence electrons. The second-order valence-electron chi connectivity index (χ2n) is 3.35.